The molecule has 5 heteroatoms. The van der Waals surface area contributed by atoms with Crippen molar-refractivity contribution in [3.8, 4) is 0 Å². The van der Waals surface area contributed by atoms with Crippen LogP contribution in [0.25, 0.3) is 0 Å². The molecule has 2 N–H and O–H groups in total. The zero-order chi connectivity index (χ0) is 13.1. The standard InChI is InChI=1S/C13H17FN2O2/c1-8-5-9(14)3-4-10(8)13(17)16-11-6-15-7-12(11)18-2/h3-5,11-12,15H,6-7H2,1-2H3,(H,16,17)/t11-,12+/m1/s1. The second kappa shape index (κ2) is 5.46. The van der Waals surface area contributed by atoms with Gasteiger partial charge in [0, 0.05) is 25.8 Å². The summed E-state index contributed by atoms with van der Waals surface area (Å²) in [7, 11) is 1.62. The van der Waals surface area contributed by atoms with Gasteiger partial charge in [0.05, 0.1) is 12.1 Å². The van der Waals surface area contributed by atoms with Crippen molar-refractivity contribution >= 4 is 5.91 Å². The molecule has 0 saturated carbocycles. The summed E-state index contributed by atoms with van der Waals surface area (Å²) in [6, 6.07) is 4.11. The van der Waals surface area contributed by atoms with Crippen LogP contribution >= 0.6 is 0 Å². The second-order valence-corrected chi connectivity index (χ2v) is 4.47. The summed E-state index contributed by atoms with van der Waals surface area (Å²) in [5, 5.41) is 6.06. The molecule has 1 aromatic carbocycles. The Labute approximate surface area is 106 Å². The SMILES string of the molecule is CO[C@H]1CNC[C@H]1NC(=O)c1ccc(F)cc1C. The number of methoxy groups -OCH3 is 1. The minimum absolute atomic E-state index is 0.0188. The first-order chi connectivity index (χ1) is 8.61. The van der Waals surface area contributed by atoms with Crippen LogP contribution in [0, 0.1) is 12.7 Å². The van der Waals surface area contributed by atoms with Crippen molar-refractivity contribution in [2.24, 2.45) is 0 Å². The molecule has 0 aliphatic carbocycles. The first-order valence-electron chi connectivity index (χ1n) is 5.92. The summed E-state index contributed by atoms with van der Waals surface area (Å²) in [4.78, 5) is 12.1. The predicted molar refractivity (Wildman–Crippen MR) is 66.1 cm³/mol. The molecule has 0 unspecified atom stereocenters. The molecule has 0 aromatic heterocycles. The van der Waals surface area contributed by atoms with E-state index in [0.717, 1.165) is 6.54 Å². The molecule has 18 heavy (non-hydrogen) atoms. The Morgan fingerprint density at radius 2 is 2.28 bits per heavy atom. The minimum Gasteiger partial charge on any atom is -0.378 e. The van der Waals surface area contributed by atoms with Crippen molar-refractivity contribution in [2.75, 3.05) is 20.2 Å². The van der Waals surface area contributed by atoms with E-state index in [1.165, 1.54) is 18.2 Å². The van der Waals surface area contributed by atoms with Crippen molar-refractivity contribution in [1.82, 2.24) is 10.6 Å². The van der Waals surface area contributed by atoms with Gasteiger partial charge < -0.3 is 15.4 Å². The molecular formula is C13H17FN2O2. The highest BCUT2D eigenvalue weighted by atomic mass is 19.1. The Bertz CT molecular complexity index is 451. The van der Waals surface area contributed by atoms with Crippen LogP contribution < -0.4 is 10.6 Å². The molecule has 4 nitrogen and oxygen atoms in total. The molecule has 1 fully saturated rings. The smallest absolute Gasteiger partial charge is 0.251 e. The number of hydrogen-bond acceptors (Lipinski definition) is 3. The molecule has 1 heterocycles. The summed E-state index contributed by atoms with van der Waals surface area (Å²) in [5.74, 6) is -0.524. The molecule has 1 saturated heterocycles. The lowest BCUT2D eigenvalue weighted by atomic mass is 10.1. The van der Waals surface area contributed by atoms with Gasteiger partial charge >= 0.3 is 0 Å². The maximum Gasteiger partial charge on any atom is 0.251 e. The van der Waals surface area contributed by atoms with Gasteiger partial charge in [-0.3, -0.25) is 4.79 Å². The number of aryl methyl sites for hydroxylation is 1. The topological polar surface area (TPSA) is 50.4 Å². The average molecular weight is 252 g/mol. The molecule has 0 bridgehead atoms. The summed E-state index contributed by atoms with van der Waals surface area (Å²) in [6.07, 6.45) is -0.0188. The summed E-state index contributed by atoms with van der Waals surface area (Å²) < 4.78 is 18.2. The third-order valence-corrected chi connectivity index (χ3v) is 3.21. The first kappa shape index (κ1) is 13.0. The highest BCUT2D eigenvalue weighted by molar-refractivity contribution is 5.95. The number of hydrogen-bond donors (Lipinski definition) is 2. The van der Waals surface area contributed by atoms with Crippen LogP contribution in [0.15, 0.2) is 18.2 Å². The van der Waals surface area contributed by atoms with Gasteiger partial charge in [-0.15, -0.1) is 0 Å². The number of carbonyl (C=O) groups excluding carboxylic acids is 1. The molecule has 1 aromatic rings. The lowest BCUT2D eigenvalue weighted by molar-refractivity contribution is 0.0779. The normalized spacial score (nSPS) is 23.1. The Kier molecular flexibility index (Phi) is 3.93. The quantitative estimate of drug-likeness (QED) is 0.838. The maximum atomic E-state index is 13.0. The lowest BCUT2D eigenvalue weighted by Crippen LogP contribution is -2.43. The van der Waals surface area contributed by atoms with E-state index in [2.05, 4.69) is 10.6 Å². The molecule has 1 aliphatic heterocycles. The van der Waals surface area contributed by atoms with Crippen molar-refractivity contribution < 1.29 is 13.9 Å². The van der Waals surface area contributed by atoms with Crippen LogP contribution in [0.3, 0.4) is 0 Å². The van der Waals surface area contributed by atoms with E-state index < -0.39 is 0 Å². The Balaban J connectivity index is 2.07. The zero-order valence-electron chi connectivity index (χ0n) is 10.5. The number of carbonyl (C=O) groups is 1. The molecule has 0 radical (unpaired) electrons. The Hall–Kier alpha value is -1.46. The number of amides is 1. The van der Waals surface area contributed by atoms with E-state index in [1.54, 1.807) is 14.0 Å². The summed E-state index contributed by atoms with van der Waals surface area (Å²) >= 11 is 0. The molecule has 1 aliphatic rings. The van der Waals surface area contributed by atoms with Crippen molar-refractivity contribution in [3.05, 3.63) is 35.1 Å². The fourth-order valence-electron chi connectivity index (χ4n) is 2.17. The fourth-order valence-corrected chi connectivity index (χ4v) is 2.17. The lowest BCUT2D eigenvalue weighted by Gasteiger charge is -2.19. The number of rotatable bonds is 3. The highest BCUT2D eigenvalue weighted by Crippen LogP contribution is 2.11. The van der Waals surface area contributed by atoms with Gasteiger partial charge in [0.25, 0.3) is 5.91 Å². The minimum atomic E-state index is -0.332. The molecule has 0 spiro atoms. The molecule has 2 rings (SSSR count). The van der Waals surface area contributed by atoms with E-state index in [1.807, 2.05) is 0 Å². The van der Waals surface area contributed by atoms with Gasteiger partial charge in [0.1, 0.15) is 5.82 Å². The largest absolute Gasteiger partial charge is 0.378 e. The summed E-state index contributed by atoms with van der Waals surface area (Å²) in [6.45, 7) is 3.13. The van der Waals surface area contributed by atoms with E-state index in [4.69, 9.17) is 4.74 Å². The van der Waals surface area contributed by atoms with Gasteiger partial charge in [-0.1, -0.05) is 0 Å². The van der Waals surface area contributed by atoms with E-state index in [9.17, 15) is 9.18 Å². The fraction of sp³-hybridized carbons (Fsp3) is 0.462. The van der Waals surface area contributed by atoms with Crippen molar-refractivity contribution in [2.45, 2.75) is 19.1 Å². The van der Waals surface area contributed by atoms with E-state index in [-0.39, 0.29) is 23.9 Å². The van der Waals surface area contributed by atoms with E-state index >= 15 is 0 Å². The van der Waals surface area contributed by atoms with Crippen LogP contribution in [0.4, 0.5) is 4.39 Å². The third kappa shape index (κ3) is 2.68. The predicted octanol–water partition coefficient (Wildman–Crippen LogP) is 0.851. The van der Waals surface area contributed by atoms with Gasteiger partial charge in [0.2, 0.25) is 0 Å². The van der Waals surface area contributed by atoms with Crippen molar-refractivity contribution in [3.63, 3.8) is 0 Å². The van der Waals surface area contributed by atoms with Crippen LogP contribution in [-0.4, -0.2) is 38.3 Å². The van der Waals surface area contributed by atoms with Crippen LogP contribution in [-0.2, 0) is 4.74 Å². The maximum absolute atomic E-state index is 13.0. The Morgan fingerprint density at radius 3 is 2.94 bits per heavy atom. The molecular weight excluding hydrogens is 235 g/mol. The summed E-state index contributed by atoms with van der Waals surface area (Å²) in [5.41, 5.74) is 1.13. The van der Waals surface area contributed by atoms with Crippen LogP contribution in [0.2, 0.25) is 0 Å². The van der Waals surface area contributed by atoms with Gasteiger partial charge in [-0.2, -0.15) is 0 Å². The monoisotopic (exact) mass is 252 g/mol. The number of benzene rings is 1. The number of nitrogens with one attached hydrogen (secondary N) is 2. The first-order valence-corrected chi connectivity index (χ1v) is 5.92. The van der Waals surface area contributed by atoms with E-state index in [0.29, 0.717) is 17.7 Å². The molecule has 1 amide bonds. The molecule has 2 atom stereocenters. The number of ether oxygens (including phenoxy) is 1. The van der Waals surface area contributed by atoms with Gasteiger partial charge in [0.15, 0.2) is 0 Å². The van der Waals surface area contributed by atoms with Gasteiger partial charge in [-0.25, -0.2) is 4.39 Å². The highest BCUT2D eigenvalue weighted by Gasteiger charge is 2.28. The number of halogens is 1. The van der Waals surface area contributed by atoms with Crippen LogP contribution in [0.5, 0.6) is 0 Å². The average Bonchev–Trinajstić information content (AvgIpc) is 2.76. The van der Waals surface area contributed by atoms with Crippen LogP contribution in [0.1, 0.15) is 15.9 Å². The second-order valence-electron chi connectivity index (χ2n) is 4.47. The third-order valence-electron chi connectivity index (χ3n) is 3.21. The zero-order valence-corrected chi connectivity index (χ0v) is 10.5. The van der Waals surface area contributed by atoms with Crippen molar-refractivity contribution in [1.29, 1.82) is 0 Å². The Morgan fingerprint density at radius 1 is 1.50 bits per heavy atom. The molecule has 98 valence electrons. The van der Waals surface area contributed by atoms with Gasteiger partial charge in [-0.05, 0) is 30.7 Å².